The molecule has 107 valence electrons. The Kier molecular flexibility index (Phi) is 3.75. The molecule has 0 saturated carbocycles. The van der Waals surface area contributed by atoms with Crippen LogP contribution in [0.2, 0.25) is 0 Å². The van der Waals surface area contributed by atoms with Gasteiger partial charge in [-0.2, -0.15) is 0 Å². The molecule has 21 heavy (non-hydrogen) atoms. The van der Waals surface area contributed by atoms with Gasteiger partial charge in [0.25, 0.3) is 0 Å². The number of carbonyl (C=O) groups is 1. The minimum atomic E-state index is -0.157. The minimum Gasteiger partial charge on any atom is -0.457 e. The van der Waals surface area contributed by atoms with Gasteiger partial charge in [0.2, 0.25) is 0 Å². The highest BCUT2D eigenvalue weighted by molar-refractivity contribution is 5.90. The summed E-state index contributed by atoms with van der Waals surface area (Å²) in [5, 5.41) is 2.80. The molecule has 3 rings (SSSR count). The predicted octanol–water partition coefficient (Wildman–Crippen LogP) is 2.98. The number of likely N-dealkylation sites (tertiary alicyclic amines) is 1. The molecule has 1 aliphatic rings. The van der Waals surface area contributed by atoms with Crippen LogP contribution in [0.1, 0.15) is 0 Å². The number of carbonyl (C=O) groups excluding carboxylic acids is 1. The highest BCUT2D eigenvalue weighted by atomic mass is 16.5. The van der Waals surface area contributed by atoms with Crippen LogP contribution in [0.5, 0.6) is 11.5 Å². The van der Waals surface area contributed by atoms with Gasteiger partial charge in [0.15, 0.2) is 0 Å². The fourth-order valence-electron chi connectivity index (χ4n) is 2.08. The highest BCUT2D eigenvalue weighted by Gasteiger charge is 2.27. The van der Waals surface area contributed by atoms with Gasteiger partial charge in [-0.15, -0.1) is 0 Å². The molecule has 1 aliphatic heterocycles. The predicted molar refractivity (Wildman–Crippen MR) is 80.4 cm³/mol. The standard InChI is InChI=1S/C16H16N3O2/c17-12-10-19(11-12)16(20)18-13-6-8-15(9-7-13)21-14-4-2-1-3-5-14/h1-9,12,17H,10-11H2,(H,18,20). The van der Waals surface area contributed by atoms with Gasteiger partial charge in [-0.05, 0) is 36.4 Å². The SMILES string of the molecule is [NH]C1CN(C(=O)Nc2ccc(Oc3ccccc3)cc2)C1. The molecule has 0 spiro atoms. The first-order valence-electron chi connectivity index (χ1n) is 6.81. The molecule has 0 bridgehead atoms. The molecule has 5 heteroatoms. The summed E-state index contributed by atoms with van der Waals surface area (Å²) < 4.78 is 5.68. The number of ether oxygens (including phenoxy) is 1. The monoisotopic (exact) mass is 282 g/mol. The Bertz CT molecular complexity index is 607. The normalized spacial score (nSPS) is 14.4. The molecule has 0 unspecified atom stereocenters. The van der Waals surface area contributed by atoms with E-state index in [1.165, 1.54) is 0 Å². The van der Waals surface area contributed by atoms with Crippen molar-refractivity contribution in [3.8, 4) is 11.5 Å². The Morgan fingerprint density at radius 1 is 1.05 bits per heavy atom. The summed E-state index contributed by atoms with van der Waals surface area (Å²) in [6.07, 6.45) is 0. The van der Waals surface area contributed by atoms with Crippen LogP contribution < -0.4 is 15.8 Å². The lowest BCUT2D eigenvalue weighted by atomic mass is 10.1. The number of anilines is 1. The molecule has 1 saturated heterocycles. The maximum Gasteiger partial charge on any atom is 0.321 e. The van der Waals surface area contributed by atoms with E-state index in [0.717, 1.165) is 11.5 Å². The van der Waals surface area contributed by atoms with Gasteiger partial charge in [-0.1, -0.05) is 18.2 Å². The van der Waals surface area contributed by atoms with E-state index in [1.807, 2.05) is 42.5 Å². The van der Waals surface area contributed by atoms with Gasteiger partial charge in [0.05, 0.1) is 6.04 Å². The summed E-state index contributed by atoms with van der Waals surface area (Å²) in [6.45, 7) is 1.00. The molecule has 0 aliphatic carbocycles. The smallest absolute Gasteiger partial charge is 0.321 e. The second-order valence-corrected chi connectivity index (χ2v) is 4.97. The van der Waals surface area contributed by atoms with Crippen LogP contribution in [-0.2, 0) is 0 Å². The van der Waals surface area contributed by atoms with Crippen molar-refractivity contribution in [3.63, 3.8) is 0 Å². The van der Waals surface area contributed by atoms with E-state index in [9.17, 15) is 4.79 Å². The van der Waals surface area contributed by atoms with Crippen molar-refractivity contribution >= 4 is 11.7 Å². The van der Waals surface area contributed by atoms with E-state index >= 15 is 0 Å². The minimum absolute atomic E-state index is 0.141. The van der Waals surface area contributed by atoms with Crippen molar-refractivity contribution in [1.29, 1.82) is 0 Å². The molecular formula is C16H16N3O2. The Morgan fingerprint density at radius 3 is 2.29 bits per heavy atom. The number of para-hydroxylation sites is 1. The highest BCUT2D eigenvalue weighted by Crippen LogP contribution is 2.23. The average Bonchev–Trinajstić information content (AvgIpc) is 2.47. The first-order chi connectivity index (χ1) is 10.2. The molecule has 1 heterocycles. The van der Waals surface area contributed by atoms with Crippen molar-refractivity contribution in [1.82, 2.24) is 10.6 Å². The molecule has 2 amide bonds. The number of rotatable bonds is 3. The molecule has 5 nitrogen and oxygen atoms in total. The zero-order valence-electron chi connectivity index (χ0n) is 11.5. The zero-order chi connectivity index (χ0) is 14.7. The zero-order valence-corrected chi connectivity index (χ0v) is 11.5. The second kappa shape index (κ2) is 5.85. The fourth-order valence-corrected chi connectivity index (χ4v) is 2.08. The molecule has 2 aromatic carbocycles. The number of amides is 2. The van der Waals surface area contributed by atoms with E-state index in [4.69, 9.17) is 10.5 Å². The number of nitrogens with one attached hydrogen (secondary N) is 2. The Morgan fingerprint density at radius 2 is 1.67 bits per heavy atom. The Hall–Kier alpha value is -2.53. The third kappa shape index (κ3) is 3.32. The summed E-state index contributed by atoms with van der Waals surface area (Å²) in [5.74, 6) is 1.49. The van der Waals surface area contributed by atoms with Crippen LogP contribution in [0.25, 0.3) is 0 Å². The van der Waals surface area contributed by atoms with Crippen molar-refractivity contribution < 1.29 is 9.53 Å². The lowest BCUT2D eigenvalue weighted by Crippen LogP contribution is -2.55. The number of urea groups is 1. The van der Waals surface area contributed by atoms with Crippen molar-refractivity contribution in [2.24, 2.45) is 0 Å². The summed E-state index contributed by atoms with van der Waals surface area (Å²) in [5.41, 5.74) is 8.13. The molecule has 2 N–H and O–H groups in total. The maximum atomic E-state index is 11.8. The van der Waals surface area contributed by atoms with E-state index in [2.05, 4.69) is 5.32 Å². The van der Waals surface area contributed by atoms with Crippen LogP contribution in [-0.4, -0.2) is 30.1 Å². The van der Waals surface area contributed by atoms with Crippen molar-refractivity contribution in [3.05, 3.63) is 54.6 Å². The number of benzene rings is 2. The van der Waals surface area contributed by atoms with Gasteiger partial charge in [-0.3, -0.25) is 5.73 Å². The lowest BCUT2D eigenvalue weighted by molar-refractivity contribution is 0.163. The molecule has 0 aromatic heterocycles. The first kappa shape index (κ1) is 13.5. The van der Waals surface area contributed by atoms with Crippen LogP contribution in [0.3, 0.4) is 0 Å². The summed E-state index contributed by atoms with van der Waals surface area (Å²) in [7, 11) is 0. The van der Waals surface area contributed by atoms with E-state index < -0.39 is 0 Å². The van der Waals surface area contributed by atoms with E-state index in [0.29, 0.717) is 18.8 Å². The number of nitrogens with zero attached hydrogens (tertiary/aromatic N) is 1. The Balaban J connectivity index is 1.58. The van der Waals surface area contributed by atoms with Gasteiger partial charge < -0.3 is 15.0 Å². The van der Waals surface area contributed by atoms with E-state index in [1.54, 1.807) is 17.0 Å². The molecular weight excluding hydrogens is 266 g/mol. The van der Waals surface area contributed by atoms with Crippen LogP contribution >= 0.6 is 0 Å². The summed E-state index contributed by atoms with van der Waals surface area (Å²) >= 11 is 0. The van der Waals surface area contributed by atoms with Crippen molar-refractivity contribution in [2.45, 2.75) is 6.04 Å². The van der Waals surface area contributed by atoms with Crippen molar-refractivity contribution in [2.75, 3.05) is 18.4 Å². The Labute approximate surface area is 123 Å². The van der Waals surface area contributed by atoms with Gasteiger partial charge in [0, 0.05) is 18.8 Å². The van der Waals surface area contributed by atoms with Crippen LogP contribution in [0, 0.1) is 0 Å². The number of hydrogen-bond donors (Lipinski definition) is 1. The van der Waals surface area contributed by atoms with Gasteiger partial charge >= 0.3 is 6.03 Å². The third-order valence-corrected chi connectivity index (χ3v) is 3.25. The molecule has 1 fully saturated rings. The second-order valence-electron chi connectivity index (χ2n) is 4.97. The summed E-state index contributed by atoms with van der Waals surface area (Å²) in [6, 6.07) is 16.5. The van der Waals surface area contributed by atoms with Gasteiger partial charge in [-0.25, -0.2) is 4.79 Å². The third-order valence-electron chi connectivity index (χ3n) is 3.25. The van der Waals surface area contributed by atoms with Gasteiger partial charge in [0.1, 0.15) is 11.5 Å². The van der Waals surface area contributed by atoms with E-state index in [-0.39, 0.29) is 12.1 Å². The molecule has 1 radical (unpaired) electrons. The molecule has 2 aromatic rings. The quantitative estimate of drug-likeness (QED) is 0.940. The topological polar surface area (TPSA) is 65.4 Å². The largest absolute Gasteiger partial charge is 0.457 e. The maximum absolute atomic E-state index is 11.8. The fraction of sp³-hybridized carbons (Fsp3) is 0.188. The molecule has 0 atom stereocenters. The first-order valence-corrected chi connectivity index (χ1v) is 6.81. The number of hydrogen-bond acceptors (Lipinski definition) is 2. The average molecular weight is 282 g/mol. The van der Waals surface area contributed by atoms with Crippen LogP contribution in [0.15, 0.2) is 54.6 Å². The lowest BCUT2D eigenvalue weighted by Gasteiger charge is -2.35. The van der Waals surface area contributed by atoms with Crippen LogP contribution in [0.4, 0.5) is 10.5 Å². The summed E-state index contributed by atoms with van der Waals surface area (Å²) in [4.78, 5) is 13.4.